The van der Waals surface area contributed by atoms with E-state index in [1.807, 2.05) is 0 Å². The molecule has 0 bridgehead atoms. The Morgan fingerprint density at radius 3 is 2.43 bits per heavy atom. The zero-order valence-corrected chi connectivity index (χ0v) is 8.33. The molecule has 0 aliphatic heterocycles. The molecule has 14 heavy (non-hydrogen) atoms. The molecule has 0 aromatic carbocycles. The lowest BCUT2D eigenvalue weighted by atomic mass is 9.93. The van der Waals surface area contributed by atoms with Gasteiger partial charge in [0.25, 0.3) is 0 Å². The van der Waals surface area contributed by atoms with Gasteiger partial charge in [-0.3, -0.25) is 0 Å². The van der Waals surface area contributed by atoms with Crippen molar-refractivity contribution in [2.75, 3.05) is 0 Å². The monoisotopic (exact) mass is 198 g/mol. The first kappa shape index (κ1) is 9.77. The summed E-state index contributed by atoms with van der Waals surface area (Å²) in [5.74, 6) is 0. The maximum absolute atomic E-state index is 11.4. The number of amides is 2. The van der Waals surface area contributed by atoms with Gasteiger partial charge < -0.3 is 15.7 Å². The molecule has 2 aliphatic rings. The van der Waals surface area contributed by atoms with E-state index in [1.165, 1.54) is 0 Å². The Morgan fingerprint density at radius 2 is 1.79 bits per heavy atom. The smallest absolute Gasteiger partial charge is 0.315 e. The van der Waals surface area contributed by atoms with E-state index in [1.54, 1.807) is 0 Å². The number of aliphatic hydroxyl groups is 1. The van der Waals surface area contributed by atoms with Crippen LogP contribution in [0.1, 0.15) is 38.5 Å². The highest BCUT2D eigenvalue weighted by Crippen LogP contribution is 2.20. The fourth-order valence-corrected chi connectivity index (χ4v) is 1.90. The van der Waals surface area contributed by atoms with Crippen LogP contribution in [0.5, 0.6) is 0 Å². The highest BCUT2D eigenvalue weighted by molar-refractivity contribution is 5.75. The van der Waals surface area contributed by atoms with Crippen LogP contribution >= 0.6 is 0 Å². The van der Waals surface area contributed by atoms with E-state index >= 15 is 0 Å². The summed E-state index contributed by atoms with van der Waals surface area (Å²) in [5.41, 5.74) is 0. The molecule has 2 unspecified atom stereocenters. The van der Waals surface area contributed by atoms with Crippen LogP contribution in [-0.4, -0.2) is 29.3 Å². The van der Waals surface area contributed by atoms with Gasteiger partial charge in [-0.05, 0) is 25.7 Å². The van der Waals surface area contributed by atoms with Crippen molar-refractivity contribution < 1.29 is 9.90 Å². The molecule has 0 heterocycles. The third-order valence-corrected chi connectivity index (χ3v) is 2.96. The van der Waals surface area contributed by atoms with Crippen molar-refractivity contribution in [3.63, 3.8) is 0 Å². The fourth-order valence-electron chi connectivity index (χ4n) is 1.90. The second kappa shape index (κ2) is 4.17. The van der Waals surface area contributed by atoms with Gasteiger partial charge in [0.2, 0.25) is 0 Å². The maximum Gasteiger partial charge on any atom is 0.315 e. The summed E-state index contributed by atoms with van der Waals surface area (Å²) in [6.45, 7) is 0. The van der Waals surface area contributed by atoms with Crippen LogP contribution in [0.15, 0.2) is 0 Å². The first-order valence-electron chi connectivity index (χ1n) is 5.51. The summed E-state index contributed by atoms with van der Waals surface area (Å²) in [7, 11) is 0. The number of nitrogens with one attached hydrogen (secondary N) is 2. The van der Waals surface area contributed by atoms with Crippen molar-refractivity contribution in [3.05, 3.63) is 0 Å². The van der Waals surface area contributed by atoms with Gasteiger partial charge in [-0.2, -0.15) is 0 Å². The Morgan fingerprint density at radius 1 is 1.07 bits per heavy atom. The van der Waals surface area contributed by atoms with Crippen LogP contribution in [-0.2, 0) is 0 Å². The van der Waals surface area contributed by atoms with E-state index in [2.05, 4.69) is 10.6 Å². The van der Waals surface area contributed by atoms with Crippen LogP contribution in [0.25, 0.3) is 0 Å². The highest BCUT2D eigenvalue weighted by atomic mass is 16.3. The largest absolute Gasteiger partial charge is 0.391 e. The highest BCUT2D eigenvalue weighted by Gasteiger charge is 2.27. The van der Waals surface area contributed by atoms with Crippen LogP contribution < -0.4 is 10.6 Å². The standard InChI is InChI=1S/C10H18N2O2/c13-9-4-2-1-3-8(9)12-10(14)11-7-5-6-7/h7-9,13H,1-6H2,(H2,11,12,14). The second-order valence-electron chi connectivity index (χ2n) is 4.35. The fraction of sp³-hybridized carbons (Fsp3) is 0.900. The topological polar surface area (TPSA) is 61.4 Å². The molecular formula is C10H18N2O2. The minimum Gasteiger partial charge on any atom is -0.391 e. The molecular weight excluding hydrogens is 180 g/mol. The molecule has 4 heteroatoms. The molecule has 0 aromatic rings. The summed E-state index contributed by atoms with van der Waals surface area (Å²) in [4.78, 5) is 11.4. The van der Waals surface area contributed by atoms with Gasteiger partial charge in [0.15, 0.2) is 0 Å². The minimum absolute atomic E-state index is 0.0394. The van der Waals surface area contributed by atoms with E-state index < -0.39 is 0 Å². The van der Waals surface area contributed by atoms with Crippen LogP contribution in [0.4, 0.5) is 4.79 Å². The number of hydrogen-bond donors (Lipinski definition) is 3. The third-order valence-electron chi connectivity index (χ3n) is 2.96. The molecule has 2 saturated carbocycles. The van der Waals surface area contributed by atoms with Gasteiger partial charge in [-0.15, -0.1) is 0 Å². The number of aliphatic hydroxyl groups excluding tert-OH is 1. The van der Waals surface area contributed by atoms with Crippen molar-refractivity contribution in [2.24, 2.45) is 0 Å². The van der Waals surface area contributed by atoms with Gasteiger partial charge in [-0.25, -0.2) is 4.79 Å². The zero-order valence-electron chi connectivity index (χ0n) is 8.33. The van der Waals surface area contributed by atoms with Crippen molar-refractivity contribution in [2.45, 2.75) is 56.7 Å². The second-order valence-corrected chi connectivity index (χ2v) is 4.35. The summed E-state index contributed by atoms with van der Waals surface area (Å²) in [5, 5.41) is 15.3. The van der Waals surface area contributed by atoms with Crippen LogP contribution in [0.3, 0.4) is 0 Å². The average molecular weight is 198 g/mol. The molecule has 2 rings (SSSR count). The zero-order chi connectivity index (χ0) is 9.97. The van der Waals surface area contributed by atoms with Crippen LogP contribution in [0.2, 0.25) is 0 Å². The molecule has 3 N–H and O–H groups in total. The number of hydrogen-bond acceptors (Lipinski definition) is 2. The molecule has 0 aromatic heterocycles. The molecule has 2 atom stereocenters. The Kier molecular flexibility index (Phi) is 2.91. The van der Waals surface area contributed by atoms with Crippen molar-refractivity contribution >= 4 is 6.03 Å². The van der Waals surface area contributed by atoms with Gasteiger partial charge >= 0.3 is 6.03 Å². The summed E-state index contributed by atoms with van der Waals surface area (Å²) in [6, 6.07) is 0.233. The number of rotatable bonds is 2. The van der Waals surface area contributed by atoms with E-state index in [4.69, 9.17) is 0 Å². The number of carbonyl (C=O) groups is 1. The normalized spacial score (nSPS) is 32.4. The van der Waals surface area contributed by atoms with Gasteiger partial charge in [0, 0.05) is 6.04 Å². The quantitative estimate of drug-likeness (QED) is 0.613. The van der Waals surface area contributed by atoms with Crippen LogP contribution in [0, 0.1) is 0 Å². The SMILES string of the molecule is O=C(NC1CC1)NC1CCCCC1O. The van der Waals surface area contributed by atoms with E-state index in [-0.39, 0.29) is 18.2 Å². The van der Waals surface area contributed by atoms with E-state index in [9.17, 15) is 9.90 Å². The van der Waals surface area contributed by atoms with Gasteiger partial charge in [0.05, 0.1) is 12.1 Å². The lowest BCUT2D eigenvalue weighted by Crippen LogP contribution is -2.49. The molecule has 0 saturated heterocycles. The Labute approximate surface area is 84.1 Å². The maximum atomic E-state index is 11.4. The minimum atomic E-state index is -0.353. The molecule has 80 valence electrons. The number of carbonyl (C=O) groups excluding carboxylic acids is 1. The van der Waals surface area contributed by atoms with E-state index in [0.717, 1.165) is 38.5 Å². The Bertz CT molecular complexity index is 216. The van der Waals surface area contributed by atoms with E-state index in [0.29, 0.717) is 6.04 Å². The number of urea groups is 1. The first-order chi connectivity index (χ1) is 6.75. The predicted octanol–water partition coefficient (Wildman–Crippen LogP) is 0.751. The molecule has 2 aliphatic carbocycles. The first-order valence-corrected chi connectivity index (χ1v) is 5.51. The summed E-state index contributed by atoms with van der Waals surface area (Å²) < 4.78 is 0. The Hall–Kier alpha value is -0.770. The van der Waals surface area contributed by atoms with Gasteiger partial charge in [0.1, 0.15) is 0 Å². The molecule has 2 fully saturated rings. The molecule has 2 amide bonds. The summed E-state index contributed by atoms with van der Waals surface area (Å²) in [6.07, 6.45) is 5.73. The van der Waals surface area contributed by atoms with Crippen molar-refractivity contribution in [1.29, 1.82) is 0 Å². The Balaban J connectivity index is 1.73. The van der Waals surface area contributed by atoms with Crippen molar-refractivity contribution in [1.82, 2.24) is 10.6 Å². The molecule has 4 nitrogen and oxygen atoms in total. The molecule has 0 spiro atoms. The average Bonchev–Trinajstić information content (AvgIpc) is 2.93. The third kappa shape index (κ3) is 2.61. The van der Waals surface area contributed by atoms with Crippen molar-refractivity contribution in [3.8, 4) is 0 Å². The molecule has 0 radical (unpaired) electrons. The predicted molar refractivity (Wildman–Crippen MR) is 53.0 cm³/mol. The summed E-state index contributed by atoms with van der Waals surface area (Å²) >= 11 is 0. The van der Waals surface area contributed by atoms with Gasteiger partial charge in [-0.1, -0.05) is 12.8 Å². The lowest BCUT2D eigenvalue weighted by molar-refractivity contribution is 0.0943. The lowest BCUT2D eigenvalue weighted by Gasteiger charge is -2.28.